The standard InChI is InChI=1S/C9H16N2O4S/c1-3(12)7-6(14)5(13)4-8(16-7)15-9(10-2)11-4/h3-8,12-14H,1-2H3,(H,10,11)/t3-,4+,5+,6-,7+,8-/m0/s1. The minimum absolute atomic E-state index is 0.347. The Morgan fingerprint density at radius 3 is 2.69 bits per heavy atom. The average molecular weight is 248 g/mol. The third-order valence-electron chi connectivity index (χ3n) is 2.79. The average Bonchev–Trinajstić information content (AvgIpc) is 2.66. The number of hydrogen-bond acceptors (Lipinski definition) is 7. The van der Waals surface area contributed by atoms with Crippen LogP contribution in [-0.4, -0.2) is 63.4 Å². The SMILES string of the molecule is CNC1=N[C@@H]2[C@@H](O)[C@H](O)[C@@H]([C@H](C)O)S[C@@H]2O1. The van der Waals surface area contributed by atoms with Crippen LogP contribution in [0.1, 0.15) is 6.92 Å². The van der Waals surface area contributed by atoms with Crippen molar-refractivity contribution in [3.05, 3.63) is 0 Å². The molecule has 0 spiro atoms. The van der Waals surface area contributed by atoms with E-state index in [4.69, 9.17) is 4.74 Å². The normalized spacial score (nSPS) is 44.3. The zero-order valence-corrected chi connectivity index (χ0v) is 9.89. The number of ether oxygens (including phenoxy) is 1. The van der Waals surface area contributed by atoms with Crippen molar-refractivity contribution in [1.82, 2.24) is 5.32 Å². The van der Waals surface area contributed by atoms with Gasteiger partial charge in [-0.05, 0) is 6.92 Å². The van der Waals surface area contributed by atoms with Crippen molar-refractivity contribution in [3.63, 3.8) is 0 Å². The molecule has 0 radical (unpaired) electrons. The number of hydrogen-bond donors (Lipinski definition) is 4. The van der Waals surface area contributed by atoms with Gasteiger partial charge >= 0.3 is 0 Å². The molecule has 0 saturated carbocycles. The molecule has 6 atom stereocenters. The van der Waals surface area contributed by atoms with Crippen LogP contribution in [0, 0.1) is 0 Å². The number of nitrogens with one attached hydrogen (secondary N) is 1. The number of amidine groups is 1. The maximum absolute atomic E-state index is 9.89. The van der Waals surface area contributed by atoms with Gasteiger partial charge in [-0.2, -0.15) is 0 Å². The summed E-state index contributed by atoms with van der Waals surface area (Å²) < 4.78 is 5.43. The van der Waals surface area contributed by atoms with E-state index >= 15 is 0 Å². The van der Waals surface area contributed by atoms with Crippen LogP contribution >= 0.6 is 11.8 Å². The fourth-order valence-corrected chi connectivity index (χ4v) is 3.30. The number of aliphatic hydroxyl groups is 3. The van der Waals surface area contributed by atoms with E-state index in [0.717, 1.165) is 0 Å². The van der Waals surface area contributed by atoms with E-state index in [1.165, 1.54) is 11.8 Å². The predicted molar refractivity (Wildman–Crippen MR) is 60.2 cm³/mol. The summed E-state index contributed by atoms with van der Waals surface area (Å²) in [6.07, 6.45) is -2.70. The lowest BCUT2D eigenvalue weighted by Crippen LogP contribution is -2.54. The summed E-state index contributed by atoms with van der Waals surface area (Å²) in [6, 6.07) is -0.113. The molecular formula is C9H16N2O4S. The van der Waals surface area contributed by atoms with Crippen molar-refractivity contribution in [2.45, 2.75) is 42.0 Å². The Kier molecular flexibility index (Phi) is 3.29. The molecule has 2 heterocycles. The maximum atomic E-state index is 9.89. The second kappa shape index (κ2) is 4.40. The van der Waals surface area contributed by atoms with E-state index in [1.807, 2.05) is 0 Å². The molecule has 1 saturated heterocycles. The number of rotatable bonds is 1. The molecule has 2 aliphatic heterocycles. The first-order valence-electron chi connectivity index (χ1n) is 5.16. The highest BCUT2D eigenvalue weighted by Gasteiger charge is 2.49. The van der Waals surface area contributed by atoms with Crippen LogP contribution in [-0.2, 0) is 4.74 Å². The lowest BCUT2D eigenvalue weighted by molar-refractivity contribution is -0.0299. The van der Waals surface area contributed by atoms with Gasteiger partial charge in [0.15, 0.2) is 5.44 Å². The van der Waals surface area contributed by atoms with Crippen molar-refractivity contribution in [1.29, 1.82) is 0 Å². The number of aliphatic hydroxyl groups excluding tert-OH is 3. The maximum Gasteiger partial charge on any atom is 0.286 e. The monoisotopic (exact) mass is 248 g/mol. The van der Waals surface area contributed by atoms with Crippen LogP contribution in [0.2, 0.25) is 0 Å². The lowest BCUT2D eigenvalue weighted by Gasteiger charge is -2.38. The smallest absolute Gasteiger partial charge is 0.286 e. The molecule has 2 aliphatic rings. The Balaban J connectivity index is 2.14. The summed E-state index contributed by atoms with van der Waals surface area (Å²) in [4.78, 5) is 4.12. The first kappa shape index (κ1) is 12.0. The van der Waals surface area contributed by atoms with Gasteiger partial charge in [-0.25, -0.2) is 4.99 Å². The second-order valence-electron chi connectivity index (χ2n) is 3.98. The summed E-state index contributed by atoms with van der Waals surface area (Å²) >= 11 is 1.30. The summed E-state index contributed by atoms with van der Waals surface area (Å²) in [7, 11) is 1.68. The highest BCUT2D eigenvalue weighted by molar-refractivity contribution is 8.00. The van der Waals surface area contributed by atoms with E-state index in [1.54, 1.807) is 14.0 Å². The van der Waals surface area contributed by atoms with Crippen LogP contribution in [0.3, 0.4) is 0 Å². The van der Waals surface area contributed by atoms with Crippen molar-refractivity contribution in [3.8, 4) is 0 Å². The molecule has 7 heteroatoms. The Hall–Kier alpha value is -0.500. The quantitative estimate of drug-likeness (QED) is 0.451. The third kappa shape index (κ3) is 1.88. The van der Waals surface area contributed by atoms with Gasteiger partial charge in [0, 0.05) is 7.05 Å². The van der Waals surface area contributed by atoms with Crippen LogP contribution in [0.5, 0.6) is 0 Å². The molecule has 2 rings (SSSR count). The summed E-state index contributed by atoms with van der Waals surface area (Å²) in [5, 5.41) is 31.5. The van der Waals surface area contributed by atoms with Crippen LogP contribution in [0.4, 0.5) is 0 Å². The Bertz CT molecular complexity index is 299. The van der Waals surface area contributed by atoms with Gasteiger partial charge in [0.25, 0.3) is 6.02 Å². The molecule has 92 valence electrons. The van der Waals surface area contributed by atoms with Gasteiger partial charge in [0.05, 0.1) is 17.5 Å². The van der Waals surface area contributed by atoms with Gasteiger partial charge in [-0.15, -0.1) is 11.8 Å². The first-order valence-corrected chi connectivity index (χ1v) is 6.10. The second-order valence-corrected chi connectivity index (χ2v) is 5.26. The van der Waals surface area contributed by atoms with E-state index in [9.17, 15) is 15.3 Å². The van der Waals surface area contributed by atoms with Crippen LogP contribution in [0.15, 0.2) is 4.99 Å². The molecule has 1 fully saturated rings. The molecule has 0 unspecified atom stereocenters. The molecule has 0 aromatic rings. The van der Waals surface area contributed by atoms with E-state index in [2.05, 4.69) is 10.3 Å². The van der Waals surface area contributed by atoms with Crippen LogP contribution < -0.4 is 5.32 Å². The van der Waals surface area contributed by atoms with Crippen molar-refractivity contribution >= 4 is 17.8 Å². The van der Waals surface area contributed by atoms with E-state index in [-0.39, 0.29) is 5.44 Å². The summed E-state index contributed by atoms with van der Waals surface area (Å²) in [5.41, 5.74) is -0.347. The van der Waals surface area contributed by atoms with Gasteiger partial charge in [0.1, 0.15) is 12.1 Å². The Morgan fingerprint density at radius 2 is 2.12 bits per heavy atom. The number of fused-ring (bicyclic) bond motifs is 1. The summed E-state index contributed by atoms with van der Waals surface area (Å²) in [6.45, 7) is 1.59. The molecular weight excluding hydrogens is 232 g/mol. The molecule has 0 bridgehead atoms. The minimum atomic E-state index is -1.00. The van der Waals surface area contributed by atoms with Crippen LogP contribution in [0.25, 0.3) is 0 Å². The highest BCUT2D eigenvalue weighted by Crippen LogP contribution is 2.39. The van der Waals surface area contributed by atoms with E-state index in [0.29, 0.717) is 6.02 Å². The number of aliphatic imine (C=N–C) groups is 1. The van der Waals surface area contributed by atoms with Crippen molar-refractivity contribution < 1.29 is 20.1 Å². The summed E-state index contributed by atoms with van der Waals surface area (Å²) in [5.74, 6) is 0. The van der Waals surface area contributed by atoms with E-state index < -0.39 is 29.6 Å². The largest absolute Gasteiger partial charge is 0.448 e. The zero-order chi connectivity index (χ0) is 11.9. The molecule has 0 aromatic carbocycles. The topological polar surface area (TPSA) is 94.3 Å². The fraction of sp³-hybridized carbons (Fsp3) is 0.889. The first-order chi connectivity index (χ1) is 7.54. The highest BCUT2D eigenvalue weighted by atomic mass is 32.2. The van der Waals surface area contributed by atoms with Crippen molar-refractivity contribution in [2.75, 3.05) is 7.05 Å². The molecule has 0 aliphatic carbocycles. The molecule has 4 N–H and O–H groups in total. The number of nitrogens with zero attached hydrogens (tertiary/aromatic N) is 1. The predicted octanol–water partition coefficient (Wildman–Crippen LogP) is -1.50. The fourth-order valence-electron chi connectivity index (χ4n) is 1.91. The minimum Gasteiger partial charge on any atom is -0.448 e. The molecule has 6 nitrogen and oxygen atoms in total. The molecule has 0 amide bonds. The Labute approximate surface area is 97.7 Å². The van der Waals surface area contributed by atoms with Crippen molar-refractivity contribution in [2.24, 2.45) is 4.99 Å². The van der Waals surface area contributed by atoms with Gasteiger partial charge < -0.3 is 25.4 Å². The van der Waals surface area contributed by atoms with Gasteiger partial charge in [0.2, 0.25) is 0 Å². The molecule has 16 heavy (non-hydrogen) atoms. The van der Waals surface area contributed by atoms with Gasteiger partial charge in [-0.1, -0.05) is 0 Å². The lowest BCUT2D eigenvalue weighted by atomic mass is 10.0. The van der Waals surface area contributed by atoms with Gasteiger partial charge in [-0.3, -0.25) is 0 Å². The third-order valence-corrected chi connectivity index (χ3v) is 4.42. The zero-order valence-electron chi connectivity index (χ0n) is 9.07. The molecule has 0 aromatic heterocycles. The number of thioether (sulfide) groups is 1. The Morgan fingerprint density at radius 1 is 1.44 bits per heavy atom.